The molecule has 0 unspecified atom stereocenters. The Kier molecular flexibility index (Phi) is 6.31. The van der Waals surface area contributed by atoms with E-state index in [-0.39, 0.29) is 27.1 Å². The van der Waals surface area contributed by atoms with E-state index in [0.717, 1.165) is 26.8 Å². The predicted molar refractivity (Wildman–Crippen MR) is 139 cm³/mol. The first-order chi connectivity index (χ1) is 17.3. The van der Waals surface area contributed by atoms with Crippen LogP contribution in [0.15, 0.2) is 84.4 Å². The molecule has 0 radical (unpaired) electrons. The van der Waals surface area contributed by atoms with Crippen LogP contribution in [0.1, 0.15) is 16.7 Å². The average molecular weight is 519 g/mol. The number of amides is 4. The second-order valence-corrected chi connectivity index (χ2v) is 9.04. The summed E-state index contributed by atoms with van der Waals surface area (Å²) in [5, 5.41) is 4.34. The molecule has 178 valence electrons. The minimum atomic E-state index is -0.890. The third-order valence-electron chi connectivity index (χ3n) is 5.90. The summed E-state index contributed by atoms with van der Waals surface area (Å²) in [5.41, 5.74) is 2.09. The van der Waals surface area contributed by atoms with Gasteiger partial charge in [0.1, 0.15) is 11.4 Å². The fourth-order valence-corrected chi connectivity index (χ4v) is 4.48. The number of hydrogen-bond donors (Lipinski definition) is 1. The van der Waals surface area contributed by atoms with Gasteiger partial charge in [0, 0.05) is 0 Å². The maximum absolute atomic E-state index is 13.8. The maximum atomic E-state index is 13.8. The van der Waals surface area contributed by atoms with Crippen LogP contribution in [0, 0.1) is 5.82 Å². The second kappa shape index (κ2) is 9.57. The highest BCUT2D eigenvalue weighted by atomic mass is 35.5. The SMILES string of the molecule is O=C1NC(=O)N(c2ccc(Cl)c(Cl)c2)C(=O)/C1=C/c1c(Cc2cccc(F)c2)ccc2ccccc12. The summed E-state index contributed by atoms with van der Waals surface area (Å²) < 4.78 is 13.8. The number of nitrogens with zero attached hydrogens (tertiary/aromatic N) is 1. The molecular weight excluding hydrogens is 502 g/mol. The number of carbonyl (C=O) groups excluding carboxylic acids is 3. The van der Waals surface area contributed by atoms with Crippen molar-refractivity contribution in [1.82, 2.24) is 5.32 Å². The van der Waals surface area contributed by atoms with Gasteiger partial charge in [-0.1, -0.05) is 71.7 Å². The smallest absolute Gasteiger partial charge is 0.273 e. The number of nitrogens with one attached hydrogen (secondary N) is 1. The molecule has 5 nitrogen and oxygen atoms in total. The van der Waals surface area contributed by atoms with E-state index in [1.807, 2.05) is 36.4 Å². The van der Waals surface area contributed by atoms with Crippen LogP contribution < -0.4 is 10.2 Å². The summed E-state index contributed by atoms with van der Waals surface area (Å²) in [7, 11) is 0. The number of rotatable bonds is 4. The molecule has 1 N–H and O–H groups in total. The van der Waals surface area contributed by atoms with E-state index in [9.17, 15) is 18.8 Å². The number of halogens is 3. The first-order valence-electron chi connectivity index (χ1n) is 10.9. The summed E-state index contributed by atoms with van der Waals surface area (Å²) in [6.07, 6.45) is 1.85. The van der Waals surface area contributed by atoms with Gasteiger partial charge in [-0.25, -0.2) is 14.1 Å². The molecule has 1 saturated heterocycles. The second-order valence-electron chi connectivity index (χ2n) is 8.22. The zero-order valence-corrected chi connectivity index (χ0v) is 20.1. The Morgan fingerprint density at radius 3 is 2.44 bits per heavy atom. The van der Waals surface area contributed by atoms with Gasteiger partial charge in [0.15, 0.2) is 0 Å². The fraction of sp³-hybridized carbons (Fsp3) is 0.0357. The largest absolute Gasteiger partial charge is 0.335 e. The molecule has 1 aliphatic rings. The van der Waals surface area contributed by atoms with E-state index in [1.165, 1.54) is 36.4 Å². The van der Waals surface area contributed by atoms with Gasteiger partial charge in [0.2, 0.25) is 0 Å². The van der Waals surface area contributed by atoms with E-state index >= 15 is 0 Å². The van der Waals surface area contributed by atoms with Gasteiger partial charge in [-0.3, -0.25) is 14.9 Å². The van der Waals surface area contributed by atoms with Crippen molar-refractivity contribution in [3.8, 4) is 0 Å². The van der Waals surface area contributed by atoms with Crippen molar-refractivity contribution < 1.29 is 18.8 Å². The number of barbiturate groups is 1. The van der Waals surface area contributed by atoms with Crippen LogP contribution >= 0.6 is 23.2 Å². The molecule has 0 atom stereocenters. The maximum Gasteiger partial charge on any atom is 0.335 e. The molecule has 1 aliphatic heterocycles. The zero-order chi connectivity index (χ0) is 25.4. The lowest BCUT2D eigenvalue weighted by atomic mass is 9.92. The summed E-state index contributed by atoms with van der Waals surface area (Å²) in [6.45, 7) is 0. The van der Waals surface area contributed by atoms with Crippen molar-refractivity contribution in [3.05, 3.63) is 117 Å². The molecule has 1 heterocycles. The molecule has 0 aromatic heterocycles. The van der Waals surface area contributed by atoms with Crippen LogP contribution in [0.2, 0.25) is 10.0 Å². The van der Waals surface area contributed by atoms with Crippen LogP contribution in [0.5, 0.6) is 0 Å². The molecule has 1 fully saturated rings. The molecule has 0 aliphatic carbocycles. The molecule has 4 amide bonds. The van der Waals surface area contributed by atoms with Crippen molar-refractivity contribution in [2.45, 2.75) is 6.42 Å². The number of fused-ring (bicyclic) bond motifs is 1. The van der Waals surface area contributed by atoms with E-state index in [0.29, 0.717) is 12.0 Å². The lowest BCUT2D eigenvalue weighted by Crippen LogP contribution is -2.54. The van der Waals surface area contributed by atoms with Crippen molar-refractivity contribution in [2.24, 2.45) is 0 Å². The topological polar surface area (TPSA) is 66.5 Å². The predicted octanol–water partition coefficient (Wildman–Crippen LogP) is 6.54. The first kappa shape index (κ1) is 23.7. The number of benzene rings is 4. The number of carbonyl (C=O) groups is 3. The highest BCUT2D eigenvalue weighted by molar-refractivity contribution is 6.43. The summed E-state index contributed by atoms with van der Waals surface area (Å²) >= 11 is 12.1. The Balaban J connectivity index is 1.64. The highest BCUT2D eigenvalue weighted by Crippen LogP contribution is 2.31. The van der Waals surface area contributed by atoms with E-state index in [1.54, 1.807) is 12.1 Å². The van der Waals surface area contributed by atoms with Crippen molar-refractivity contribution in [2.75, 3.05) is 4.90 Å². The van der Waals surface area contributed by atoms with Gasteiger partial charge in [-0.15, -0.1) is 0 Å². The molecule has 4 aromatic rings. The quantitative estimate of drug-likeness (QED) is 0.246. The lowest BCUT2D eigenvalue weighted by molar-refractivity contribution is -0.122. The van der Waals surface area contributed by atoms with Gasteiger partial charge in [0.05, 0.1) is 15.7 Å². The number of anilines is 1. The lowest BCUT2D eigenvalue weighted by Gasteiger charge is -2.27. The minimum absolute atomic E-state index is 0.156. The third kappa shape index (κ3) is 4.49. The standard InChI is InChI=1S/C28H17Cl2FN2O3/c29-24-11-10-20(14-25(24)30)33-27(35)23(26(34)32-28(33)36)15-22-18(12-16-4-3-6-19(31)13-16)9-8-17-5-1-2-7-21(17)22/h1-11,13-15H,12H2,(H,32,34,36)/b23-15+. The van der Waals surface area contributed by atoms with Gasteiger partial charge in [-0.05, 0) is 70.3 Å². The van der Waals surface area contributed by atoms with Gasteiger partial charge < -0.3 is 0 Å². The van der Waals surface area contributed by atoms with Crippen LogP contribution in [-0.4, -0.2) is 17.8 Å². The normalized spacial score (nSPS) is 15.0. The van der Waals surface area contributed by atoms with Gasteiger partial charge >= 0.3 is 6.03 Å². The molecule has 4 aromatic carbocycles. The number of urea groups is 1. The Bertz CT molecular complexity index is 1600. The van der Waals surface area contributed by atoms with E-state index in [2.05, 4.69) is 5.32 Å². The Morgan fingerprint density at radius 2 is 1.67 bits per heavy atom. The highest BCUT2D eigenvalue weighted by Gasteiger charge is 2.37. The van der Waals surface area contributed by atoms with Crippen molar-refractivity contribution in [3.63, 3.8) is 0 Å². The zero-order valence-electron chi connectivity index (χ0n) is 18.6. The molecular formula is C28H17Cl2FN2O3. The molecule has 0 bridgehead atoms. The van der Waals surface area contributed by atoms with E-state index < -0.39 is 17.8 Å². The molecule has 36 heavy (non-hydrogen) atoms. The Hall–Kier alpha value is -4.00. The van der Waals surface area contributed by atoms with Crippen LogP contribution in [-0.2, 0) is 16.0 Å². The molecule has 8 heteroatoms. The Morgan fingerprint density at radius 1 is 0.861 bits per heavy atom. The molecule has 0 spiro atoms. The first-order valence-corrected chi connectivity index (χ1v) is 11.7. The van der Waals surface area contributed by atoms with Crippen molar-refractivity contribution >= 4 is 63.6 Å². The minimum Gasteiger partial charge on any atom is -0.273 e. The van der Waals surface area contributed by atoms with E-state index in [4.69, 9.17) is 23.2 Å². The Labute approximate surface area is 215 Å². The van der Waals surface area contributed by atoms with Crippen LogP contribution in [0.25, 0.3) is 16.8 Å². The molecule has 5 rings (SSSR count). The van der Waals surface area contributed by atoms with Crippen LogP contribution in [0.3, 0.4) is 0 Å². The number of imide groups is 2. The summed E-state index contributed by atoms with van der Waals surface area (Å²) in [5.74, 6) is -1.97. The van der Waals surface area contributed by atoms with Crippen molar-refractivity contribution in [1.29, 1.82) is 0 Å². The summed E-state index contributed by atoms with van der Waals surface area (Å²) in [6, 6.07) is 21.0. The van der Waals surface area contributed by atoms with Gasteiger partial charge in [-0.2, -0.15) is 0 Å². The third-order valence-corrected chi connectivity index (χ3v) is 6.64. The summed E-state index contributed by atoms with van der Waals surface area (Å²) in [4.78, 5) is 39.7. The number of hydrogen-bond acceptors (Lipinski definition) is 3. The fourth-order valence-electron chi connectivity index (χ4n) is 4.19. The van der Waals surface area contributed by atoms with Gasteiger partial charge in [0.25, 0.3) is 11.8 Å². The average Bonchev–Trinajstić information content (AvgIpc) is 2.84. The molecule has 0 saturated carbocycles. The van der Waals surface area contributed by atoms with Crippen LogP contribution in [0.4, 0.5) is 14.9 Å². The monoisotopic (exact) mass is 518 g/mol.